The van der Waals surface area contributed by atoms with Crippen LogP contribution in [-0.4, -0.2) is 16.5 Å². The van der Waals surface area contributed by atoms with E-state index in [4.69, 9.17) is 4.74 Å². The lowest BCUT2D eigenvalue weighted by Gasteiger charge is -2.07. The van der Waals surface area contributed by atoms with E-state index in [0.29, 0.717) is 12.1 Å². The van der Waals surface area contributed by atoms with Gasteiger partial charge in [0.15, 0.2) is 11.6 Å². The van der Waals surface area contributed by atoms with E-state index in [1.807, 2.05) is 0 Å². The first kappa shape index (κ1) is 14.4. The van der Waals surface area contributed by atoms with E-state index in [-0.39, 0.29) is 17.4 Å². The van der Waals surface area contributed by atoms with Gasteiger partial charge < -0.3 is 10.1 Å². The number of ether oxygens (including phenoxy) is 1. The number of aryl methyl sites for hydroxylation is 1. The van der Waals surface area contributed by atoms with Crippen LogP contribution >= 0.6 is 0 Å². The Morgan fingerprint density at radius 2 is 2.10 bits per heavy atom. The minimum atomic E-state index is -0.372. The first-order valence-corrected chi connectivity index (χ1v) is 6.65. The molecule has 0 aliphatic carbocycles. The highest BCUT2D eigenvalue weighted by atomic mass is 19.1. The van der Waals surface area contributed by atoms with E-state index < -0.39 is 0 Å². The molecule has 0 aliphatic rings. The van der Waals surface area contributed by atoms with Gasteiger partial charge in [-0.1, -0.05) is 19.1 Å². The second-order valence-electron chi connectivity index (χ2n) is 4.51. The predicted molar refractivity (Wildman–Crippen MR) is 75.2 cm³/mol. The summed E-state index contributed by atoms with van der Waals surface area (Å²) in [4.78, 5) is 8.36. The van der Waals surface area contributed by atoms with Gasteiger partial charge in [0.2, 0.25) is 5.88 Å². The second kappa shape index (κ2) is 6.96. The van der Waals surface area contributed by atoms with Crippen molar-refractivity contribution < 1.29 is 9.13 Å². The zero-order valence-corrected chi connectivity index (χ0v) is 11.7. The molecular formula is C15H18FN3O. The van der Waals surface area contributed by atoms with Crippen molar-refractivity contribution in [3.63, 3.8) is 0 Å². The van der Waals surface area contributed by atoms with Crippen molar-refractivity contribution in [1.29, 1.82) is 0 Å². The maximum atomic E-state index is 13.8. The second-order valence-corrected chi connectivity index (χ2v) is 4.51. The van der Waals surface area contributed by atoms with Gasteiger partial charge in [-0.15, -0.1) is 0 Å². The lowest BCUT2D eigenvalue weighted by Crippen LogP contribution is -2.14. The van der Waals surface area contributed by atoms with Gasteiger partial charge in [0.05, 0.1) is 18.1 Å². The van der Waals surface area contributed by atoms with Crippen molar-refractivity contribution in [2.24, 2.45) is 0 Å². The fourth-order valence-corrected chi connectivity index (χ4v) is 1.69. The van der Waals surface area contributed by atoms with Gasteiger partial charge in [-0.2, -0.15) is 0 Å². The van der Waals surface area contributed by atoms with E-state index >= 15 is 0 Å². The van der Waals surface area contributed by atoms with Crippen molar-refractivity contribution in [3.05, 3.63) is 47.7 Å². The molecule has 1 aromatic heterocycles. The highest BCUT2D eigenvalue weighted by Crippen LogP contribution is 2.24. The van der Waals surface area contributed by atoms with Crippen LogP contribution in [0.25, 0.3) is 0 Å². The SMILES string of the molecule is CCCNCc1cnc(Oc2cccc(C)c2F)cn1. The summed E-state index contributed by atoms with van der Waals surface area (Å²) in [7, 11) is 0. The lowest BCUT2D eigenvalue weighted by molar-refractivity contribution is 0.422. The molecule has 1 N–H and O–H groups in total. The Kier molecular flexibility index (Phi) is 5.01. The largest absolute Gasteiger partial charge is 0.434 e. The van der Waals surface area contributed by atoms with Gasteiger partial charge in [0.25, 0.3) is 0 Å². The van der Waals surface area contributed by atoms with Crippen molar-refractivity contribution in [2.75, 3.05) is 6.54 Å². The van der Waals surface area contributed by atoms with E-state index in [0.717, 1.165) is 18.7 Å². The summed E-state index contributed by atoms with van der Waals surface area (Å²) in [6.45, 7) is 5.40. The van der Waals surface area contributed by atoms with Gasteiger partial charge in [0.1, 0.15) is 0 Å². The van der Waals surface area contributed by atoms with Gasteiger partial charge in [-0.25, -0.2) is 9.37 Å². The average Bonchev–Trinajstić information content (AvgIpc) is 2.46. The quantitative estimate of drug-likeness (QED) is 0.822. The molecule has 20 heavy (non-hydrogen) atoms. The molecule has 0 aliphatic heterocycles. The van der Waals surface area contributed by atoms with E-state index in [1.54, 1.807) is 31.3 Å². The molecule has 0 bridgehead atoms. The Balaban J connectivity index is 2.01. The Morgan fingerprint density at radius 3 is 2.80 bits per heavy atom. The zero-order chi connectivity index (χ0) is 14.4. The smallest absolute Gasteiger partial charge is 0.237 e. The van der Waals surface area contributed by atoms with Crippen molar-refractivity contribution in [2.45, 2.75) is 26.8 Å². The third-order valence-corrected chi connectivity index (χ3v) is 2.79. The van der Waals surface area contributed by atoms with Gasteiger partial charge in [-0.05, 0) is 31.5 Å². The number of benzene rings is 1. The van der Waals surface area contributed by atoms with Gasteiger partial charge >= 0.3 is 0 Å². The summed E-state index contributed by atoms with van der Waals surface area (Å²) in [6.07, 6.45) is 4.21. The van der Waals surface area contributed by atoms with Crippen molar-refractivity contribution in [3.8, 4) is 11.6 Å². The average molecular weight is 275 g/mol. The molecule has 1 heterocycles. The van der Waals surface area contributed by atoms with Crippen LogP contribution in [0, 0.1) is 12.7 Å². The molecule has 0 unspecified atom stereocenters. The molecule has 106 valence electrons. The Morgan fingerprint density at radius 1 is 1.25 bits per heavy atom. The van der Waals surface area contributed by atoms with Gasteiger partial charge in [0, 0.05) is 6.54 Å². The highest BCUT2D eigenvalue weighted by molar-refractivity contribution is 5.32. The van der Waals surface area contributed by atoms with Crippen LogP contribution in [0.4, 0.5) is 4.39 Å². The third-order valence-electron chi connectivity index (χ3n) is 2.79. The summed E-state index contributed by atoms with van der Waals surface area (Å²) in [5.74, 6) is 0.0767. The fourth-order valence-electron chi connectivity index (χ4n) is 1.69. The first-order valence-electron chi connectivity index (χ1n) is 6.65. The molecule has 2 aromatic rings. The number of nitrogens with one attached hydrogen (secondary N) is 1. The molecule has 0 radical (unpaired) electrons. The topological polar surface area (TPSA) is 47.0 Å². The van der Waals surface area contributed by atoms with E-state index in [1.165, 1.54) is 6.20 Å². The van der Waals surface area contributed by atoms with Crippen LogP contribution in [0.1, 0.15) is 24.6 Å². The minimum Gasteiger partial charge on any atom is -0.434 e. The minimum absolute atomic E-state index is 0.163. The summed E-state index contributed by atoms with van der Waals surface area (Å²) >= 11 is 0. The monoisotopic (exact) mass is 275 g/mol. The number of halogens is 1. The molecule has 4 nitrogen and oxygen atoms in total. The van der Waals surface area contributed by atoms with Crippen LogP contribution in [0.15, 0.2) is 30.6 Å². The van der Waals surface area contributed by atoms with E-state index in [2.05, 4.69) is 22.2 Å². The molecular weight excluding hydrogens is 257 g/mol. The highest BCUT2D eigenvalue weighted by Gasteiger charge is 2.08. The standard InChI is InChI=1S/C15H18FN3O/c1-3-7-17-8-12-9-19-14(10-18-12)20-13-6-4-5-11(2)15(13)16/h4-6,9-10,17H,3,7-8H2,1-2H3. The molecule has 0 atom stereocenters. The first-order chi connectivity index (χ1) is 9.70. The third kappa shape index (κ3) is 3.74. The number of nitrogens with zero attached hydrogens (tertiary/aromatic N) is 2. The van der Waals surface area contributed by atoms with Crippen LogP contribution in [0.3, 0.4) is 0 Å². The predicted octanol–water partition coefficient (Wildman–Crippen LogP) is 3.22. The zero-order valence-electron chi connectivity index (χ0n) is 11.7. The molecule has 0 saturated heterocycles. The van der Waals surface area contributed by atoms with Crippen LogP contribution in [0.5, 0.6) is 11.6 Å². The Bertz CT molecular complexity index is 558. The normalized spacial score (nSPS) is 10.6. The molecule has 1 aromatic carbocycles. The van der Waals surface area contributed by atoms with Crippen LogP contribution in [0.2, 0.25) is 0 Å². The molecule has 0 amide bonds. The van der Waals surface area contributed by atoms with Gasteiger partial charge in [-0.3, -0.25) is 4.98 Å². The molecule has 0 fully saturated rings. The summed E-state index contributed by atoms with van der Waals surface area (Å²) < 4.78 is 19.2. The van der Waals surface area contributed by atoms with Crippen molar-refractivity contribution >= 4 is 0 Å². The number of hydrogen-bond donors (Lipinski definition) is 1. The van der Waals surface area contributed by atoms with Crippen molar-refractivity contribution in [1.82, 2.24) is 15.3 Å². The molecule has 2 rings (SSSR count). The molecule has 0 saturated carbocycles. The summed E-state index contributed by atoms with van der Waals surface area (Å²) in [6, 6.07) is 5.00. The lowest BCUT2D eigenvalue weighted by atomic mass is 10.2. The Hall–Kier alpha value is -2.01. The fraction of sp³-hybridized carbons (Fsp3) is 0.333. The summed E-state index contributed by atoms with van der Waals surface area (Å²) in [5, 5.41) is 3.23. The Labute approximate surface area is 118 Å². The number of aromatic nitrogens is 2. The van der Waals surface area contributed by atoms with Crippen LogP contribution < -0.4 is 10.1 Å². The van der Waals surface area contributed by atoms with E-state index in [9.17, 15) is 4.39 Å². The molecule has 5 heteroatoms. The summed E-state index contributed by atoms with van der Waals surface area (Å²) in [5.41, 5.74) is 1.37. The van der Waals surface area contributed by atoms with Crippen LogP contribution in [-0.2, 0) is 6.54 Å². The number of rotatable bonds is 6. The molecule has 0 spiro atoms. The maximum absolute atomic E-state index is 13.8. The number of hydrogen-bond acceptors (Lipinski definition) is 4. The maximum Gasteiger partial charge on any atom is 0.237 e.